The minimum Gasteiger partial charge on any atom is -0.494 e. The normalized spacial score (nSPS) is 19.1. The molecule has 5 heteroatoms. The van der Waals surface area contributed by atoms with Gasteiger partial charge in [0.1, 0.15) is 6.29 Å². The lowest BCUT2D eigenvalue weighted by Gasteiger charge is -2.30. The zero-order chi connectivity index (χ0) is 15.8. The van der Waals surface area contributed by atoms with Crippen LogP contribution in [0, 0.1) is 5.92 Å². The van der Waals surface area contributed by atoms with E-state index in [1.54, 1.807) is 11.0 Å². The number of amides is 1. The second kappa shape index (κ2) is 8.29. The highest BCUT2D eigenvalue weighted by atomic mass is 16.5. The third-order valence-corrected chi connectivity index (χ3v) is 3.51. The summed E-state index contributed by atoms with van der Waals surface area (Å²) in [5, 5.41) is 0. The zero-order valence-electron chi connectivity index (χ0n) is 12.8. The molecule has 1 rings (SSSR count). The molecular weight excluding hydrogens is 270 g/mol. The number of aldehydes is 1. The van der Waals surface area contributed by atoms with Gasteiger partial charge in [0.2, 0.25) is 5.91 Å². The van der Waals surface area contributed by atoms with Gasteiger partial charge in [-0.05, 0) is 24.5 Å². The molecule has 1 aliphatic heterocycles. The molecule has 1 amide bonds. The van der Waals surface area contributed by atoms with Crippen molar-refractivity contribution in [2.45, 2.75) is 19.3 Å². The van der Waals surface area contributed by atoms with Crippen LogP contribution < -0.4 is 0 Å². The van der Waals surface area contributed by atoms with Crippen molar-refractivity contribution in [2.75, 3.05) is 27.3 Å². The highest BCUT2D eigenvalue weighted by molar-refractivity contribution is 5.78. The van der Waals surface area contributed by atoms with Gasteiger partial charge >= 0.3 is 0 Å². The van der Waals surface area contributed by atoms with Crippen LogP contribution >= 0.6 is 0 Å². The van der Waals surface area contributed by atoms with Gasteiger partial charge in [0.25, 0.3) is 0 Å². The fourth-order valence-corrected chi connectivity index (χ4v) is 2.16. The molecule has 1 atom stereocenters. The van der Waals surface area contributed by atoms with Crippen LogP contribution in [-0.4, -0.2) is 44.4 Å². The number of carbonyl (C=O) groups excluding carboxylic acids is 2. The van der Waals surface area contributed by atoms with Crippen molar-refractivity contribution in [3.63, 3.8) is 0 Å². The van der Waals surface area contributed by atoms with Crippen LogP contribution in [0.15, 0.2) is 36.3 Å². The minimum atomic E-state index is -0.0469. The van der Waals surface area contributed by atoms with E-state index in [-0.39, 0.29) is 11.8 Å². The van der Waals surface area contributed by atoms with Crippen molar-refractivity contribution in [2.24, 2.45) is 5.92 Å². The predicted molar refractivity (Wildman–Crippen MR) is 80.4 cm³/mol. The van der Waals surface area contributed by atoms with Gasteiger partial charge in [-0.1, -0.05) is 13.2 Å². The van der Waals surface area contributed by atoms with E-state index in [4.69, 9.17) is 9.47 Å². The molecule has 0 aromatic carbocycles. The zero-order valence-corrected chi connectivity index (χ0v) is 12.8. The average Bonchev–Trinajstić information content (AvgIpc) is 2.51. The molecule has 0 N–H and O–H groups in total. The maximum absolute atomic E-state index is 11.8. The summed E-state index contributed by atoms with van der Waals surface area (Å²) >= 11 is 0. The quantitative estimate of drug-likeness (QED) is 0.390. The number of ether oxygens (including phenoxy) is 2. The van der Waals surface area contributed by atoms with Crippen molar-refractivity contribution in [1.82, 2.24) is 4.90 Å². The van der Waals surface area contributed by atoms with Crippen LogP contribution in [-0.2, 0) is 19.1 Å². The van der Waals surface area contributed by atoms with Crippen molar-refractivity contribution in [3.8, 4) is 0 Å². The molecule has 1 fully saturated rings. The molecule has 0 spiro atoms. The largest absolute Gasteiger partial charge is 0.494 e. The molecule has 21 heavy (non-hydrogen) atoms. The Kier molecular flexibility index (Phi) is 6.72. The van der Waals surface area contributed by atoms with Crippen LogP contribution in [0.5, 0.6) is 0 Å². The van der Waals surface area contributed by atoms with Gasteiger partial charge in [0.15, 0.2) is 11.5 Å². The van der Waals surface area contributed by atoms with Crippen molar-refractivity contribution in [3.05, 3.63) is 36.3 Å². The molecule has 0 aliphatic carbocycles. The van der Waals surface area contributed by atoms with E-state index in [9.17, 15) is 9.59 Å². The third kappa shape index (κ3) is 5.10. The molecule has 0 saturated carbocycles. The second-order valence-electron chi connectivity index (χ2n) is 5.02. The number of nitrogens with zero attached hydrogens (tertiary/aromatic N) is 1. The summed E-state index contributed by atoms with van der Waals surface area (Å²) in [6.07, 6.45) is 4.38. The van der Waals surface area contributed by atoms with E-state index >= 15 is 0 Å². The number of piperidine rings is 1. The molecule has 0 aromatic rings. The number of methoxy groups -OCH3 is 2. The van der Waals surface area contributed by atoms with Gasteiger partial charge < -0.3 is 19.2 Å². The van der Waals surface area contributed by atoms with Gasteiger partial charge in [0, 0.05) is 25.4 Å². The number of likely N-dealkylation sites (tertiary alicyclic amines) is 1. The molecular formula is C16H23NO4. The molecule has 0 bridgehead atoms. The highest BCUT2D eigenvalue weighted by Crippen LogP contribution is 2.18. The number of allylic oxidation sites excluding steroid dienone is 1. The number of hydrogen-bond acceptors (Lipinski definition) is 4. The SMILES string of the molecule is C=C(/C=C(/OC)C(=C)OC)CCN1CC(C=O)CCC1=O. The molecule has 116 valence electrons. The van der Waals surface area contributed by atoms with E-state index in [1.807, 2.05) is 0 Å². The second-order valence-corrected chi connectivity index (χ2v) is 5.02. The van der Waals surface area contributed by atoms with E-state index in [1.165, 1.54) is 14.2 Å². The molecule has 1 unspecified atom stereocenters. The first-order valence-corrected chi connectivity index (χ1v) is 6.91. The maximum Gasteiger partial charge on any atom is 0.222 e. The fraction of sp³-hybridized carbons (Fsp3) is 0.500. The highest BCUT2D eigenvalue weighted by Gasteiger charge is 2.24. The Morgan fingerprint density at radius 2 is 2.10 bits per heavy atom. The Morgan fingerprint density at radius 3 is 2.67 bits per heavy atom. The molecule has 5 nitrogen and oxygen atoms in total. The Labute approximate surface area is 125 Å². The third-order valence-electron chi connectivity index (χ3n) is 3.51. The van der Waals surface area contributed by atoms with Crippen LogP contribution in [0.1, 0.15) is 19.3 Å². The summed E-state index contributed by atoms with van der Waals surface area (Å²) in [4.78, 5) is 24.4. The molecule has 1 saturated heterocycles. The summed E-state index contributed by atoms with van der Waals surface area (Å²) in [7, 11) is 3.05. The van der Waals surface area contributed by atoms with Crippen LogP contribution in [0.3, 0.4) is 0 Å². The minimum absolute atomic E-state index is 0.0469. The van der Waals surface area contributed by atoms with E-state index in [0.717, 1.165) is 11.9 Å². The van der Waals surface area contributed by atoms with Gasteiger partial charge in [-0.25, -0.2) is 0 Å². The van der Waals surface area contributed by atoms with Crippen molar-refractivity contribution < 1.29 is 19.1 Å². The van der Waals surface area contributed by atoms with E-state index < -0.39 is 0 Å². The monoisotopic (exact) mass is 293 g/mol. The summed E-state index contributed by atoms with van der Waals surface area (Å²) in [5.41, 5.74) is 0.811. The predicted octanol–water partition coefficient (Wildman–Crippen LogP) is 2.06. The Bertz CT molecular complexity index is 453. The summed E-state index contributed by atoms with van der Waals surface area (Å²) in [6.45, 7) is 8.72. The van der Waals surface area contributed by atoms with Crippen LogP contribution in [0.4, 0.5) is 0 Å². The lowest BCUT2D eigenvalue weighted by Crippen LogP contribution is -2.41. The number of carbonyl (C=O) groups is 2. The molecule has 1 heterocycles. The first kappa shape index (κ1) is 17.0. The molecule has 1 aliphatic rings. The van der Waals surface area contributed by atoms with Crippen LogP contribution in [0.25, 0.3) is 0 Å². The standard InChI is InChI=1S/C16H23NO4/c1-12(9-15(21-4)13(2)20-3)7-8-17-10-14(11-18)5-6-16(17)19/h9,11,14H,1-2,5-8,10H2,3-4H3/b15-9+. The Morgan fingerprint density at radius 1 is 1.38 bits per heavy atom. The smallest absolute Gasteiger partial charge is 0.222 e. The lowest BCUT2D eigenvalue weighted by atomic mass is 9.98. The van der Waals surface area contributed by atoms with Crippen molar-refractivity contribution in [1.29, 1.82) is 0 Å². The van der Waals surface area contributed by atoms with Crippen molar-refractivity contribution >= 4 is 12.2 Å². The maximum atomic E-state index is 11.8. The summed E-state index contributed by atoms with van der Waals surface area (Å²) < 4.78 is 10.2. The Balaban J connectivity index is 2.55. The van der Waals surface area contributed by atoms with Gasteiger partial charge in [0.05, 0.1) is 14.2 Å². The average molecular weight is 293 g/mol. The summed E-state index contributed by atoms with van der Waals surface area (Å²) in [5.74, 6) is 0.986. The molecule has 0 radical (unpaired) electrons. The Hall–Kier alpha value is -2.04. The van der Waals surface area contributed by atoms with Gasteiger partial charge in [-0.15, -0.1) is 0 Å². The molecule has 0 aromatic heterocycles. The summed E-state index contributed by atoms with van der Waals surface area (Å²) in [6, 6.07) is 0. The number of rotatable bonds is 8. The topological polar surface area (TPSA) is 55.8 Å². The first-order chi connectivity index (χ1) is 10.0. The van der Waals surface area contributed by atoms with E-state index in [2.05, 4.69) is 13.2 Å². The van der Waals surface area contributed by atoms with Gasteiger partial charge in [-0.3, -0.25) is 4.79 Å². The van der Waals surface area contributed by atoms with Crippen LogP contribution in [0.2, 0.25) is 0 Å². The van der Waals surface area contributed by atoms with Gasteiger partial charge in [-0.2, -0.15) is 0 Å². The fourth-order valence-electron chi connectivity index (χ4n) is 2.16. The number of hydrogen-bond donors (Lipinski definition) is 0. The lowest BCUT2D eigenvalue weighted by molar-refractivity contribution is -0.135. The first-order valence-electron chi connectivity index (χ1n) is 6.91. The van der Waals surface area contributed by atoms with E-state index in [0.29, 0.717) is 43.9 Å².